The van der Waals surface area contributed by atoms with E-state index in [9.17, 15) is 14.5 Å². The standard InChI is InChI=1S/C34H45O7PSi/c1-34(2,3)43(4,5)41-31-19-16-27(17-20-31)22-23-40-42(37)26-30(33(36)39-25-29-14-10-7-11-15-29)18-21-32(35)38-24-28-12-8-6-9-13-28/h6-17,19-20,30,37H,18,21-26H2,1-5H3/t30-,42?/m1/s1. The molecule has 0 aliphatic rings. The SMILES string of the molecule is CC(C)(C)[Si](C)(C)Oc1ccc(CCOP(O)C[C@@H](CCC(=O)OCc2ccccc2)C(=O)OCc2ccccc2)cc1. The predicted molar refractivity (Wildman–Crippen MR) is 173 cm³/mol. The first kappa shape index (κ1) is 34.5. The number of ether oxygens (including phenoxy) is 2. The number of esters is 2. The first-order valence-corrected chi connectivity index (χ1v) is 19.0. The quantitative estimate of drug-likeness (QED) is 0.0987. The van der Waals surface area contributed by atoms with Crippen LogP contribution in [-0.2, 0) is 43.2 Å². The molecule has 0 amide bonds. The highest BCUT2D eigenvalue weighted by atomic mass is 31.2. The van der Waals surface area contributed by atoms with E-state index in [0.717, 1.165) is 22.4 Å². The van der Waals surface area contributed by atoms with Gasteiger partial charge in [-0.1, -0.05) is 93.6 Å². The van der Waals surface area contributed by atoms with Gasteiger partial charge in [-0.3, -0.25) is 9.59 Å². The van der Waals surface area contributed by atoms with Crippen molar-refractivity contribution >= 4 is 28.6 Å². The molecule has 232 valence electrons. The van der Waals surface area contributed by atoms with E-state index in [2.05, 4.69) is 33.9 Å². The number of rotatable bonds is 16. The van der Waals surface area contributed by atoms with E-state index in [1.54, 1.807) is 0 Å². The summed E-state index contributed by atoms with van der Waals surface area (Å²) in [4.78, 5) is 36.1. The third-order valence-electron chi connectivity index (χ3n) is 7.61. The molecule has 1 N–H and O–H groups in total. The van der Waals surface area contributed by atoms with Gasteiger partial charge in [-0.25, -0.2) is 0 Å². The maximum Gasteiger partial charge on any atom is 0.309 e. The highest BCUT2D eigenvalue weighted by Gasteiger charge is 2.38. The summed E-state index contributed by atoms with van der Waals surface area (Å²) in [6.45, 7) is 11.7. The maximum absolute atomic E-state index is 13.0. The van der Waals surface area contributed by atoms with Crippen molar-refractivity contribution in [3.8, 4) is 5.75 Å². The van der Waals surface area contributed by atoms with Gasteiger partial charge in [0.05, 0.1) is 12.5 Å². The summed E-state index contributed by atoms with van der Waals surface area (Å²) < 4.78 is 23.0. The second kappa shape index (κ2) is 16.7. The van der Waals surface area contributed by atoms with Crippen molar-refractivity contribution in [2.24, 2.45) is 5.92 Å². The number of carbonyl (C=O) groups excluding carboxylic acids is 2. The lowest BCUT2D eigenvalue weighted by Crippen LogP contribution is -2.43. The summed E-state index contributed by atoms with van der Waals surface area (Å²) in [7, 11) is -3.81. The predicted octanol–water partition coefficient (Wildman–Crippen LogP) is 7.82. The number of carbonyl (C=O) groups is 2. The lowest BCUT2D eigenvalue weighted by molar-refractivity contribution is -0.150. The Balaban J connectivity index is 1.50. The monoisotopic (exact) mass is 624 g/mol. The van der Waals surface area contributed by atoms with Gasteiger partial charge in [0.1, 0.15) is 19.0 Å². The van der Waals surface area contributed by atoms with Crippen LogP contribution >= 0.6 is 8.38 Å². The summed E-state index contributed by atoms with van der Waals surface area (Å²) in [5.74, 6) is -0.716. The highest BCUT2D eigenvalue weighted by molar-refractivity contribution is 7.46. The van der Waals surface area contributed by atoms with E-state index in [1.807, 2.05) is 84.9 Å². The zero-order valence-corrected chi connectivity index (χ0v) is 27.8. The second-order valence-electron chi connectivity index (χ2n) is 12.1. The van der Waals surface area contributed by atoms with Crippen LogP contribution in [0.1, 0.15) is 50.3 Å². The first-order chi connectivity index (χ1) is 20.4. The molecule has 0 radical (unpaired) electrons. The molecule has 0 fully saturated rings. The van der Waals surface area contributed by atoms with Gasteiger partial charge < -0.3 is 23.3 Å². The Morgan fingerprint density at radius 2 is 1.37 bits per heavy atom. The van der Waals surface area contributed by atoms with Crippen LogP contribution < -0.4 is 4.43 Å². The zero-order chi connectivity index (χ0) is 31.3. The smallest absolute Gasteiger partial charge is 0.309 e. The molecule has 3 aromatic rings. The van der Waals surface area contributed by atoms with E-state index in [0.29, 0.717) is 13.0 Å². The van der Waals surface area contributed by atoms with E-state index < -0.39 is 34.5 Å². The Hall–Kier alpha value is -3.03. The van der Waals surface area contributed by atoms with Crippen molar-refractivity contribution in [3.05, 3.63) is 102 Å². The number of benzene rings is 3. The molecule has 0 heterocycles. The van der Waals surface area contributed by atoms with Crippen molar-refractivity contribution in [1.82, 2.24) is 0 Å². The van der Waals surface area contributed by atoms with E-state index >= 15 is 0 Å². The van der Waals surface area contributed by atoms with E-state index in [-0.39, 0.29) is 37.3 Å². The van der Waals surface area contributed by atoms with Crippen LogP contribution in [0.15, 0.2) is 84.9 Å². The molecule has 3 aromatic carbocycles. The van der Waals surface area contributed by atoms with Crippen molar-refractivity contribution in [3.63, 3.8) is 0 Å². The molecular formula is C34H45O7PSi. The average molecular weight is 625 g/mol. The molecule has 0 aliphatic carbocycles. The normalized spacial score (nSPS) is 13.2. The molecule has 0 aliphatic heterocycles. The van der Waals surface area contributed by atoms with E-state index in [1.165, 1.54) is 0 Å². The van der Waals surface area contributed by atoms with Crippen molar-refractivity contribution in [2.75, 3.05) is 12.8 Å². The first-order valence-electron chi connectivity index (χ1n) is 14.7. The van der Waals surface area contributed by atoms with Gasteiger partial charge in [0.15, 0.2) is 8.38 Å². The fraction of sp³-hybridized carbons (Fsp3) is 0.412. The van der Waals surface area contributed by atoms with Crippen LogP contribution in [0.25, 0.3) is 0 Å². The van der Waals surface area contributed by atoms with E-state index in [4.69, 9.17) is 18.4 Å². The van der Waals surface area contributed by atoms with Crippen LogP contribution in [0.4, 0.5) is 0 Å². The summed E-state index contributed by atoms with van der Waals surface area (Å²) in [6.07, 6.45) is 0.910. The molecule has 3 rings (SSSR count). The number of hydrogen-bond acceptors (Lipinski definition) is 7. The summed E-state index contributed by atoms with van der Waals surface area (Å²) >= 11 is 0. The average Bonchev–Trinajstić information content (AvgIpc) is 2.98. The van der Waals surface area contributed by atoms with Crippen molar-refractivity contribution in [1.29, 1.82) is 0 Å². The largest absolute Gasteiger partial charge is 0.544 e. The Morgan fingerprint density at radius 1 is 0.814 bits per heavy atom. The minimum atomic E-state index is -1.91. The number of hydrogen-bond donors (Lipinski definition) is 1. The Bertz CT molecular complexity index is 1260. The molecule has 1 unspecified atom stereocenters. The fourth-order valence-electron chi connectivity index (χ4n) is 3.91. The molecule has 2 atom stereocenters. The van der Waals surface area contributed by atoms with Crippen LogP contribution in [0.3, 0.4) is 0 Å². The summed E-state index contributed by atoms with van der Waals surface area (Å²) in [5.41, 5.74) is 2.81. The van der Waals surface area contributed by atoms with Gasteiger partial charge in [0.25, 0.3) is 0 Å². The minimum absolute atomic E-state index is 0.0321. The fourth-order valence-corrected chi connectivity index (χ4v) is 6.06. The second-order valence-corrected chi connectivity index (χ2v) is 18.2. The van der Waals surface area contributed by atoms with Gasteiger partial charge in [-0.05, 0) is 59.8 Å². The lowest BCUT2D eigenvalue weighted by Gasteiger charge is -2.36. The van der Waals surface area contributed by atoms with Crippen LogP contribution in [0.2, 0.25) is 18.1 Å². The molecule has 0 saturated heterocycles. The lowest BCUT2D eigenvalue weighted by atomic mass is 10.1. The van der Waals surface area contributed by atoms with Gasteiger partial charge in [0, 0.05) is 12.6 Å². The third kappa shape index (κ3) is 12.2. The summed E-state index contributed by atoms with van der Waals surface area (Å²) in [5, 5.41) is 0.117. The van der Waals surface area contributed by atoms with Crippen molar-refractivity contribution < 1.29 is 32.9 Å². The van der Waals surface area contributed by atoms with Crippen LogP contribution in [0.5, 0.6) is 5.75 Å². The van der Waals surface area contributed by atoms with Crippen LogP contribution in [0, 0.1) is 5.92 Å². The third-order valence-corrected chi connectivity index (χ3v) is 13.2. The Morgan fingerprint density at radius 3 is 1.93 bits per heavy atom. The Labute approximate surface area is 258 Å². The van der Waals surface area contributed by atoms with Gasteiger partial charge in [-0.15, -0.1) is 0 Å². The molecule has 0 aromatic heterocycles. The molecule has 0 spiro atoms. The van der Waals surface area contributed by atoms with Gasteiger partial charge in [0.2, 0.25) is 8.32 Å². The molecular weight excluding hydrogens is 579 g/mol. The topological polar surface area (TPSA) is 91.3 Å². The highest BCUT2D eigenvalue weighted by Crippen LogP contribution is 2.38. The molecule has 43 heavy (non-hydrogen) atoms. The van der Waals surface area contributed by atoms with Gasteiger partial charge in [-0.2, -0.15) is 0 Å². The zero-order valence-electron chi connectivity index (χ0n) is 26.0. The maximum atomic E-state index is 13.0. The van der Waals surface area contributed by atoms with Gasteiger partial charge >= 0.3 is 11.9 Å². The minimum Gasteiger partial charge on any atom is -0.544 e. The Kier molecular flexibility index (Phi) is 13.4. The molecule has 9 heteroatoms. The van der Waals surface area contributed by atoms with Crippen LogP contribution in [-0.4, -0.2) is 37.9 Å². The van der Waals surface area contributed by atoms with Crippen molar-refractivity contribution in [2.45, 2.75) is 71.4 Å². The molecule has 7 nitrogen and oxygen atoms in total. The summed E-state index contributed by atoms with van der Waals surface area (Å²) in [6, 6.07) is 26.8. The molecule has 0 bridgehead atoms. The molecule has 0 saturated carbocycles.